The molecule has 0 aliphatic carbocycles. The van der Waals surface area contributed by atoms with Crippen molar-refractivity contribution >= 4 is 38.6 Å². The predicted octanol–water partition coefficient (Wildman–Crippen LogP) is 3.27. The molecule has 0 amide bonds. The summed E-state index contributed by atoms with van der Waals surface area (Å²) < 4.78 is 27.0. The first-order chi connectivity index (χ1) is 9.97. The zero-order chi connectivity index (χ0) is 15.3. The van der Waals surface area contributed by atoms with Crippen molar-refractivity contribution in [3.63, 3.8) is 0 Å². The van der Waals surface area contributed by atoms with E-state index in [1.165, 1.54) is 18.2 Å². The third kappa shape index (κ3) is 4.44. The highest BCUT2D eigenvalue weighted by atomic mass is 35.5. The van der Waals surface area contributed by atoms with Crippen molar-refractivity contribution in [2.45, 2.75) is 4.90 Å². The molecule has 0 saturated heterocycles. The molecule has 0 aliphatic heterocycles. The van der Waals surface area contributed by atoms with Crippen molar-refractivity contribution in [1.82, 2.24) is 0 Å². The van der Waals surface area contributed by atoms with Crippen LogP contribution in [0, 0.1) is 0 Å². The number of halogens is 1. The summed E-state index contributed by atoms with van der Waals surface area (Å²) in [6.07, 6.45) is 2.62. The van der Waals surface area contributed by atoms with E-state index in [9.17, 15) is 13.2 Å². The Hall–Kier alpha value is -2.11. The van der Waals surface area contributed by atoms with E-state index in [4.69, 9.17) is 11.6 Å². The van der Waals surface area contributed by atoms with Crippen LogP contribution in [0.5, 0.6) is 0 Å². The molecular formula is C15H12ClNO3S. The number of anilines is 1. The van der Waals surface area contributed by atoms with Gasteiger partial charge in [-0.2, -0.15) is 0 Å². The van der Waals surface area contributed by atoms with Gasteiger partial charge in [0.2, 0.25) is 5.24 Å². The zero-order valence-corrected chi connectivity index (χ0v) is 12.4. The molecule has 0 radical (unpaired) electrons. The minimum absolute atomic E-state index is 0.107. The molecule has 2 rings (SSSR count). The maximum absolute atomic E-state index is 12.3. The van der Waals surface area contributed by atoms with Crippen LogP contribution in [0.2, 0.25) is 0 Å². The fraction of sp³-hybridized carbons (Fsp3) is 0. The summed E-state index contributed by atoms with van der Waals surface area (Å²) in [6.45, 7) is 0. The van der Waals surface area contributed by atoms with E-state index >= 15 is 0 Å². The zero-order valence-electron chi connectivity index (χ0n) is 10.9. The highest BCUT2D eigenvalue weighted by Crippen LogP contribution is 2.17. The Kier molecular flexibility index (Phi) is 4.77. The van der Waals surface area contributed by atoms with Crippen molar-refractivity contribution in [2.75, 3.05) is 4.72 Å². The van der Waals surface area contributed by atoms with Gasteiger partial charge in [-0.1, -0.05) is 36.4 Å². The van der Waals surface area contributed by atoms with Crippen molar-refractivity contribution < 1.29 is 13.2 Å². The topological polar surface area (TPSA) is 63.2 Å². The Balaban J connectivity index is 2.28. The van der Waals surface area contributed by atoms with Crippen LogP contribution in [0.1, 0.15) is 5.56 Å². The third-order valence-electron chi connectivity index (χ3n) is 2.60. The van der Waals surface area contributed by atoms with Gasteiger partial charge in [0.05, 0.1) is 4.90 Å². The third-order valence-corrected chi connectivity index (χ3v) is 4.11. The molecule has 0 unspecified atom stereocenters. The molecule has 108 valence electrons. The first-order valence-corrected chi connectivity index (χ1v) is 7.89. The number of carbonyl (C=O) groups is 1. The largest absolute Gasteiger partial charge is 0.280 e. The van der Waals surface area contributed by atoms with Crippen molar-refractivity contribution in [3.8, 4) is 0 Å². The Labute approximate surface area is 128 Å². The smallest absolute Gasteiger partial charge is 0.261 e. The van der Waals surface area contributed by atoms with Crippen LogP contribution >= 0.6 is 11.6 Å². The quantitative estimate of drug-likeness (QED) is 0.679. The van der Waals surface area contributed by atoms with Crippen molar-refractivity contribution in [2.24, 2.45) is 0 Å². The molecule has 1 N–H and O–H groups in total. The summed E-state index contributed by atoms with van der Waals surface area (Å²) in [5.74, 6) is 0. The molecule has 0 atom stereocenters. The second kappa shape index (κ2) is 6.56. The number of allylic oxidation sites excluding steroid dienone is 1. The summed E-state index contributed by atoms with van der Waals surface area (Å²) in [4.78, 5) is 10.8. The normalized spacial score (nSPS) is 11.5. The van der Waals surface area contributed by atoms with Gasteiger partial charge >= 0.3 is 0 Å². The van der Waals surface area contributed by atoms with Gasteiger partial charge in [0, 0.05) is 5.69 Å². The number of hydrogen-bond acceptors (Lipinski definition) is 3. The Bertz CT molecular complexity index is 771. The Morgan fingerprint density at radius 1 is 1.05 bits per heavy atom. The van der Waals surface area contributed by atoms with Crippen LogP contribution in [-0.2, 0) is 14.8 Å². The molecular weight excluding hydrogens is 310 g/mol. The average molecular weight is 322 g/mol. The molecule has 2 aromatic rings. The second-order valence-electron chi connectivity index (χ2n) is 4.18. The van der Waals surface area contributed by atoms with Crippen LogP contribution < -0.4 is 4.72 Å². The highest BCUT2D eigenvalue weighted by Gasteiger charge is 2.13. The number of carbonyl (C=O) groups excluding carboxylic acids is 1. The lowest BCUT2D eigenvalue weighted by atomic mass is 10.2. The number of para-hydroxylation sites is 1. The van der Waals surface area contributed by atoms with Gasteiger partial charge < -0.3 is 0 Å². The van der Waals surface area contributed by atoms with E-state index in [1.807, 2.05) is 0 Å². The molecule has 0 aliphatic rings. The fourth-order valence-corrected chi connectivity index (χ4v) is 2.84. The summed E-state index contributed by atoms with van der Waals surface area (Å²) in [5, 5.41) is -0.620. The molecule has 0 fully saturated rings. The van der Waals surface area contributed by atoms with Crippen LogP contribution in [0.15, 0.2) is 65.6 Å². The number of sulfonamides is 1. The van der Waals surface area contributed by atoms with Crippen LogP contribution in [-0.4, -0.2) is 13.7 Å². The van der Waals surface area contributed by atoms with E-state index in [2.05, 4.69) is 4.72 Å². The highest BCUT2D eigenvalue weighted by molar-refractivity contribution is 7.92. The maximum atomic E-state index is 12.3. The van der Waals surface area contributed by atoms with Gasteiger partial charge in [-0.3, -0.25) is 9.52 Å². The number of benzene rings is 2. The van der Waals surface area contributed by atoms with E-state index in [1.54, 1.807) is 42.5 Å². The molecule has 2 aromatic carbocycles. The van der Waals surface area contributed by atoms with Crippen molar-refractivity contribution in [1.29, 1.82) is 0 Å². The maximum Gasteiger partial charge on any atom is 0.261 e. The molecule has 0 aromatic heterocycles. The van der Waals surface area contributed by atoms with Gasteiger partial charge in [-0.25, -0.2) is 8.42 Å². The lowest BCUT2D eigenvalue weighted by molar-refractivity contribution is -0.107. The van der Waals surface area contributed by atoms with E-state index in [-0.39, 0.29) is 4.90 Å². The number of rotatable bonds is 5. The molecule has 0 heterocycles. The predicted molar refractivity (Wildman–Crippen MR) is 83.6 cm³/mol. The average Bonchev–Trinajstić information content (AvgIpc) is 2.46. The van der Waals surface area contributed by atoms with Gasteiger partial charge in [0.25, 0.3) is 10.0 Å². The van der Waals surface area contributed by atoms with Crippen LogP contribution in [0.4, 0.5) is 5.69 Å². The lowest BCUT2D eigenvalue weighted by Crippen LogP contribution is -2.12. The van der Waals surface area contributed by atoms with E-state index in [0.29, 0.717) is 11.3 Å². The summed E-state index contributed by atoms with van der Waals surface area (Å²) in [7, 11) is -3.68. The summed E-state index contributed by atoms with van der Waals surface area (Å²) in [6, 6.07) is 14.8. The monoisotopic (exact) mass is 321 g/mol. The molecule has 0 saturated carbocycles. The first kappa shape index (κ1) is 15.3. The standard InChI is InChI=1S/C15H12ClNO3S/c16-15(18)10-9-12-5-4-8-14(11-12)21(19,20)17-13-6-2-1-3-7-13/h1-11,17H/b10-9+. The molecule has 21 heavy (non-hydrogen) atoms. The lowest BCUT2D eigenvalue weighted by Gasteiger charge is -2.08. The Morgan fingerprint density at radius 2 is 1.76 bits per heavy atom. The van der Waals surface area contributed by atoms with Crippen molar-refractivity contribution in [3.05, 3.63) is 66.2 Å². The SMILES string of the molecule is O=C(Cl)/C=C/c1cccc(S(=O)(=O)Nc2ccccc2)c1. The van der Waals surface area contributed by atoms with Gasteiger partial charge in [0.15, 0.2) is 0 Å². The fourth-order valence-electron chi connectivity index (χ4n) is 1.67. The van der Waals surface area contributed by atoms with Gasteiger partial charge in [-0.15, -0.1) is 0 Å². The Morgan fingerprint density at radius 3 is 2.43 bits per heavy atom. The second-order valence-corrected chi connectivity index (χ2v) is 6.24. The minimum Gasteiger partial charge on any atom is -0.280 e. The van der Waals surface area contributed by atoms with Crippen LogP contribution in [0.3, 0.4) is 0 Å². The summed E-state index contributed by atoms with van der Waals surface area (Å²) in [5.41, 5.74) is 1.05. The van der Waals surface area contributed by atoms with Gasteiger partial charge in [0.1, 0.15) is 0 Å². The molecule has 0 spiro atoms. The van der Waals surface area contributed by atoms with Crippen LogP contribution in [0.25, 0.3) is 6.08 Å². The minimum atomic E-state index is -3.68. The number of hydrogen-bond donors (Lipinski definition) is 1. The molecule has 6 heteroatoms. The van der Waals surface area contributed by atoms with Gasteiger partial charge in [-0.05, 0) is 47.5 Å². The first-order valence-electron chi connectivity index (χ1n) is 6.03. The molecule has 4 nitrogen and oxygen atoms in total. The summed E-state index contributed by atoms with van der Waals surface area (Å²) >= 11 is 5.21. The van der Waals surface area contributed by atoms with E-state index in [0.717, 1.165) is 6.08 Å². The van der Waals surface area contributed by atoms with E-state index < -0.39 is 15.3 Å². The molecule has 0 bridgehead atoms. The number of nitrogens with one attached hydrogen (secondary N) is 1.